The summed E-state index contributed by atoms with van der Waals surface area (Å²) >= 11 is 0. The molecule has 2 aliphatic carbocycles. The van der Waals surface area contributed by atoms with E-state index in [9.17, 15) is 40.5 Å². The van der Waals surface area contributed by atoms with Crippen molar-refractivity contribution in [2.75, 3.05) is 58.0 Å². The summed E-state index contributed by atoms with van der Waals surface area (Å²) in [5.74, 6) is 10.7. The van der Waals surface area contributed by atoms with Gasteiger partial charge >= 0.3 is 0 Å². The summed E-state index contributed by atoms with van der Waals surface area (Å²) in [4.78, 5) is 13.0. The summed E-state index contributed by atoms with van der Waals surface area (Å²) in [6.07, 6.45) is 6.18. The Kier molecular flexibility index (Phi) is 20.2. The van der Waals surface area contributed by atoms with Crippen LogP contribution in [0.15, 0.2) is 24.3 Å². The van der Waals surface area contributed by atoms with Gasteiger partial charge in [-0.05, 0) is 142 Å². The number of benzene rings is 2. The average Bonchev–Trinajstić information content (AvgIpc) is 3.76. The van der Waals surface area contributed by atoms with Crippen molar-refractivity contribution in [3.8, 4) is 40.6 Å². The van der Waals surface area contributed by atoms with E-state index >= 15 is 0 Å². The molecule has 8 rings (SSSR count). The summed E-state index contributed by atoms with van der Waals surface area (Å²) in [5, 5.41) is 85.2. The lowest BCUT2D eigenvalue weighted by atomic mass is 9.51. The van der Waals surface area contributed by atoms with Crippen LogP contribution in [-0.2, 0) is 22.4 Å². The van der Waals surface area contributed by atoms with E-state index in [1.807, 2.05) is 16.9 Å². The molecule has 4 aliphatic heterocycles. The molecule has 4 fully saturated rings. The lowest BCUT2D eigenvalue weighted by Crippen LogP contribution is -2.53. The van der Waals surface area contributed by atoms with Crippen molar-refractivity contribution in [1.29, 1.82) is 0 Å². The van der Waals surface area contributed by atoms with Gasteiger partial charge in [0.15, 0.2) is 23.0 Å². The van der Waals surface area contributed by atoms with E-state index in [-0.39, 0.29) is 101 Å². The Bertz CT molecular complexity index is 2160. The van der Waals surface area contributed by atoms with Gasteiger partial charge in [-0.1, -0.05) is 62.4 Å². The van der Waals surface area contributed by atoms with Gasteiger partial charge in [-0.25, -0.2) is 0 Å². The van der Waals surface area contributed by atoms with E-state index in [0.717, 1.165) is 74.8 Å². The number of aliphatic hydroxyl groups is 5. The number of phenols is 2. The number of carbonyl (C=O) groups excluding carboxylic acids is 1. The number of ether oxygens (including phenoxy) is 4. The number of hydrogen-bond donors (Lipinski definition) is 9. The zero-order valence-corrected chi connectivity index (χ0v) is 45.3. The molecule has 4 heterocycles. The molecule has 2 bridgehead atoms. The van der Waals surface area contributed by atoms with E-state index in [1.54, 1.807) is 29.0 Å². The second-order valence-electron chi connectivity index (χ2n) is 21.2. The number of carbonyl (C=O) groups is 1. The highest BCUT2D eigenvalue weighted by molar-refractivity contribution is 8.77. The van der Waals surface area contributed by atoms with Crippen LogP contribution >= 0.6 is 43.2 Å². The fraction of sp³-hybridized carbons (Fsp3) is 0.722. The second-order valence-corrected chi connectivity index (χ2v) is 26.4. The largest absolute Gasteiger partial charge is 0.504 e. The van der Waals surface area contributed by atoms with Crippen LogP contribution in [0.2, 0.25) is 0 Å². The zero-order chi connectivity index (χ0) is 50.9. The van der Waals surface area contributed by atoms with Crippen LogP contribution in [-0.4, -0.2) is 136 Å². The molecule has 15 unspecified atom stereocenters. The number of hydrogen-bond acceptors (Lipinski definition) is 17. The predicted molar refractivity (Wildman–Crippen MR) is 286 cm³/mol. The molecule has 0 aromatic heterocycles. The van der Waals surface area contributed by atoms with Crippen molar-refractivity contribution >= 4 is 49.1 Å². The van der Waals surface area contributed by atoms with Crippen molar-refractivity contribution < 1.29 is 59.5 Å². The quantitative estimate of drug-likeness (QED) is 0.0663. The molecule has 400 valence electrons. The fourth-order valence-corrected chi connectivity index (χ4v) is 18.7. The van der Waals surface area contributed by atoms with Gasteiger partial charge in [0.25, 0.3) is 0 Å². The Morgan fingerprint density at radius 2 is 1.60 bits per heavy atom. The number of phenolic OH excluding ortho intramolecular Hbond substituents is 2. The smallest absolute Gasteiger partial charge is 0.224 e. The summed E-state index contributed by atoms with van der Waals surface area (Å²) in [6, 6.07) is 7.30. The number of aliphatic hydroxyl groups excluding tert-OH is 5. The zero-order valence-electron chi connectivity index (χ0n) is 42.0. The number of amides is 1. The first-order valence-electron chi connectivity index (χ1n) is 26.2. The third-order valence-electron chi connectivity index (χ3n) is 16.9. The number of methoxy groups -OCH3 is 2. The number of aryl methyl sites for hydroxylation is 1. The van der Waals surface area contributed by atoms with Gasteiger partial charge in [0.05, 0.1) is 50.7 Å². The molecular formula is C54H78N2O12S4. The highest BCUT2D eigenvalue weighted by atomic mass is 33.1. The Labute approximate surface area is 441 Å². The number of nitrogens with one attached hydrogen (secondary N) is 2. The van der Waals surface area contributed by atoms with Gasteiger partial charge in [0, 0.05) is 71.9 Å². The van der Waals surface area contributed by atoms with Crippen LogP contribution in [0.1, 0.15) is 106 Å². The maximum Gasteiger partial charge on any atom is 0.224 e. The minimum atomic E-state index is -1.04. The van der Waals surface area contributed by atoms with E-state index in [1.165, 1.54) is 35.8 Å². The number of fused-ring (bicyclic) bond motifs is 2. The number of rotatable bonds is 10. The Hall–Kier alpha value is -2.41. The fourth-order valence-electron chi connectivity index (χ4n) is 13.1. The van der Waals surface area contributed by atoms with Gasteiger partial charge in [0.1, 0.15) is 6.79 Å². The Balaban J connectivity index is 1.07. The molecule has 2 aromatic rings. The van der Waals surface area contributed by atoms with Crippen LogP contribution in [0.3, 0.4) is 0 Å². The van der Waals surface area contributed by atoms with Crippen LogP contribution in [0.4, 0.5) is 0 Å². The molecule has 18 heteroatoms. The summed E-state index contributed by atoms with van der Waals surface area (Å²) in [5.41, 5.74) is 2.17. The molecule has 1 amide bonds. The normalized spacial score (nSPS) is 36.0. The Morgan fingerprint density at radius 3 is 2.36 bits per heavy atom. The standard InChI is InChI=1S/C54H78N2O12S4/c1-31-6-8-34-9-13-44(59)40-26-56-53(64)41(40)27-69-70-28-43-37-12-11-36(22-42(37)54(34,25-31)15-4-5-16-55-43)68-48-21-33-7-10-35(67-30-58)23-45(60)39(18-32-19-49(65-2)52(63)50(20-32)66-3)47(62)29-71-72-51(14-17-57)38(33)24-46(48)61/h19-21,24,31,34-37,39-45,47,51,55,57-63H,5-14,16-18,22-23,25-30H2,1-3H3,(H,56,64). The lowest BCUT2D eigenvalue weighted by molar-refractivity contribution is -0.123. The molecule has 15 atom stereocenters. The Morgan fingerprint density at radius 1 is 0.819 bits per heavy atom. The van der Waals surface area contributed by atoms with Crippen LogP contribution < -0.4 is 24.8 Å². The third-order valence-corrected chi connectivity index (χ3v) is 22.2. The summed E-state index contributed by atoms with van der Waals surface area (Å²) in [6.45, 7) is 3.05. The molecule has 2 saturated heterocycles. The van der Waals surface area contributed by atoms with Gasteiger partial charge in [0.2, 0.25) is 11.7 Å². The van der Waals surface area contributed by atoms with E-state index < -0.39 is 37.1 Å². The first kappa shape index (κ1) is 55.8. The van der Waals surface area contributed by atoms with E-state index in [4.69, 9.17) is 18.9 Å². The molecule has 9 N–H and O–H groups in total. The minimum absolute atomic E-state index is 0.0231. The average molecular weight is 1080 g/mol. The summed E-state index contributed by atoms with van der Waals surface area (Å²) in [7, 11) is 9.44. The highest BCUT2D eigenvalue weighted by Gasteiger charge is 2.54. The van der Waals surface area contributed by atoms with E-state index in [2.05, 4.69) is 29.4 Å². The SMILES string of the molecule is COc1cc(CC2C(O)CSSC(CCO)c3cc(O)c(OC4CCC5C6CSSCC7C(=O)NCC7C(O)CCC7CCC(C)CC7(C#CCCN6)C5C4)cc3CCC(OCO)CC2O)cc(OC)c1O. The van der Waals surface area contributed by atoms with Crippen molar-refractivity contribution in [2.45, 2.75) is 139 Å². The van der Waals surface area contributed by atoms with Crippen molar-refractivity contribution in [1.82, 2.24) is 10.6 Å². The second kappa shape index (κ2) is 26.1. The van der Waals surface area contributed by atoms with Crippen molar-refractivity contribution in [3.63, 3.8) is 0 Å². The molecular weight excluding hydrogens is 997 g/mol. The lowest BCUT2D eigenvalue weighted by Gasteiger charge is -2.54. The highest BCUT2D eigenvalue weighted by Crippen LogP contribution is 2.58. The molecule has 72 heavy (non-hydrogen) atoms. The van der Waals surface area contributed by atoms with Gasteiger partial charge in [-0.15, -0.1) is 5.92 Å². The predicted octanol–water partition coefficient (Wildman–Crippen LogP) is 7.02. The van der Waals surface area contributed by atoms with Crippen molar-refractivity contribution in [2.24, 2.45) is 46.8 Å². The molecule has 1 spiro atoms. The molecule has 14 nitrogen and oxygen atoms in total. The molecule has 6 aliphatic rings. The molecule has 2 saturated carbocycles. The maximum atomic E-state index is 13.0. The summed E-state index contributed by atoms with van der Waals surface area (Å²) < 4.78 is 23.7. The van der Waals surface area contributed by atoms with Gasteiger partial charge in [-0.3, -0.25) is 4.79 Å². The first-order chi connectivity index (χ1) is 34.9. The van der Waals surface area contributed by atoms with Crippen molar-refractivity contribution in [3.05, 3.63) is 41.0 Å². The molecule has 0 radical (unpaired) electrons. The topological polar surface area (TPSA) is 220 Å². The van der Waals surface area contributed by atoms with Gasteiger partial charge in [-0.2, -0.15) is 0 Å². The van der Waals surface area contributed by atoms with Crippen LogP contribution in [0.5, 0.6) is 28.7 Å². The maximum absolute atomic E-state index is 13.0. The molecule has 2 aromatic carbocycles. The minimum Gasteiger partial charge on any atom is -0.504 e. The van der Waals surface area contributed by atoms with Crippen LogP contribution in [0.25, 0.3) is 0 Å². The van der Waals surface area contributed by atoms with Gasteiger partial charge < -0.3 is 65.3 Å². The monoisotopic (exact) mass is 1070 g/mol. The number of aromatic hydroxyl groups is 2. The van der Waals surface area contributed by atoms with Crippen LogP contribution in [0, 0.1) is 58.7 Å². The van der Waals surface area contributed by atoms with E-state index in [0.29, 0.717) is 61.1 Å². The third kappa shape index (κ3) is 13.0. The first-order valence-corrected chi connectivity index (χ1v) is 31.1.